The molecular formula is C15H17BrN2. The third-order valence-corrected chi connectivity index (χ3v) is 3.52. The number of benzene rings is 2. The van der Waals surface area contributed by atoms with Crippen molar-refractivity contribution in [3.63, 3.8) is 0 Å². The molecule has 0 saturated heterocycles. The summed E-state index contributed by atoms with van der Waals surface area (Å²) in [5, 5.41) is 0. The molecule has 2 aromatic carbocycles. The van der Waals surface area contributed by atoms with Crippen LogP contribution < -0.4 is 11.3 Å². The van der Waals surface area contributed by atoms with Crippen molar-refractivity contribution >= 4 is 15.9 Å². The van der Waals surface area contributed by atoms with E-state index < -0.39 is 0 Å². The maximum atomic E-state index is 5.74. The highest BCUT2D eigenvalue weighted by atomic mass is 79.9. The first-order valence-corrected chi connectivity index (χ1v) is 6.70. The van der Waals surface area contributed by atoms with Crippen molar-refractivity contribution in [3.05, 3.63) is 69.2 Å². The van der Waals surface area contributed by atoms with Gasteiger partial charge in [0.1, 0.15) is 0 Å². The SMILES string of the molecule is Cc1cc(Br)cc(C(NN)c2ccccc2C)c1. The van der Waals surface area contributed by atoms with E-state index in [9.17, 15) is 0 Å². The first kappa shape index (κ1) is 13.3. The highest BCUT2D eigenvalue weighted by Gasteiger charge is 2.14. The molecule has 3 N–H and O–H groups in total. The average Bonchev–Trinajstić information content (AvgIpc) is 2.31. The highest BCUT2D eigenvalue weighted by molar-refractivity contribution is 9.10. The van der Waals surface area contributed by atoms with Crippen LogP contribution in [0.15, 0.2) is 46.9 Å². The number of hydrazine groups is 1. The molecule has 0 spiro atoms. The van der Waals surface area contributed by atoms with Crippen LogP contribution in [0.1, 0.15) is 28.3 Å². The standard InChI is InChI=1S/C15H17BrN2/c1-10-7-12(9-13(16)8-10)15(18-17)14-6-4-3-5-11(14)2/h3-9,15,18H,17H2,1-2H3. The second-order valence-corrected chi connectivity index (χ2v) is 5.43. The first-order valence-electron chi connectivity index (χ1n) is 5.90. The van der Waals surface area contributed by atoms with Crippen molar-refractivity contribution in [3.8, 4) is 0 Å². The molecule has 18 heavy (non-hydrogen) atoms. The Morgan fingerprint density at radius 3 is 2.44 bits per heavy atom. The van der Waals surface area contributed by atoms with E-state index in [1.165, 1.54) is 22.3 Å². The minimum absolute atomic E-state index is 0.0161. The van der Waals surface area contributed by atoms with Gasteiger partial charge in [0.25, 0.3) is 0 Å². The fourth-order valence-electron chi connectivity index (χ4n) is 2.21. The Balaban J connectivity index is 2.48. The molecule has 0 saturated carbocycles. The predicted molar refractivity (Wildman–Crippen MR) is 79.2 cm³/mol. The Labute approximate surface area is 116 Å². The number of rotatable bonds is 3. The van der Waals surface area contributed by atoms with Crippen molar-refractivity contribution in [2.24, 2.45) is 5.84 Å². The summed E-state index contributed by atoms with van der Waals surface area (Å²) in [6.45, 7) is 4.18. The molecular weight excluding hydrogens is 288 g/mol. The molecule has 1 atom stereocenters. The van der Waals surface area contributed by atoms with Crippen LogP contribution >= 0.6 is 15.9 Å². The van der Waals surface area contributed by atoms with E-state index in [1.807, 2.05) is 12.1 Å². The van der Waals surface area contributed by atoms with E-state index in [0.29, 0.717) is 0 Å². The Kier molecular flexibility index (Phi) is 4.17. The second-order valence-electron chi connectivity index (χ2n) is 4.52. The molecule has 0 bridgehead atoms. The van der Waals surface area contributed by atoms with Gasteiger partial charge >= 0.3 is 0 Å². The topological polar surface area (TPSA) is 38.0 Å². The van der Waals surface area contributed by atoms with Gasteiger partial charge in [-0.05, 0) is 48.2 Å². The molecule has 2 aromatic rings. The minimum Gasteiger partial charge on any atom is -0.271 e. The van der Waals surface area contributed by atoms with E-state index in [-0.39, 0.29) is 6.04 Å². The molecule has 0 amide bonds. The molecule has 0 radical (unpaired) electrons. The van der Waals surface area contributed by atoms with Crippen molar-refractivity contribution in [2.75, 3.05) is 0 Å². The molecule has 0 aliphatic carbocycles. The number of hydrogen-bond acceptors (Lipinski definition) is 2. The number of halogens is 1. The Hall–Kier alpha value is -1.16. The van der Waals surface area contributed by atoms with Crippen LogP contribution in [0.4, 0.5) is 0 Å². The van der Waals surface area contributed by atoms with Gasteiger partial charge < -0.3 is 0 Å². The predicted octanol–water partition coefficient (Wildman–Crippen LogP) is 3.62. The largest absolute Gasteiger partial charge is 0.271 e. The van der Waals surface area contributed by atoms with Crippen LogP contribution in [0.5, 0.6) is 0 Å². The summed E-state index contributed by atoms with van der Waals surface area (Å²) < 4.78 is 1.08. The van der Waals surface area contributed by atoms with Crippen LogP contribution in [0.2, 0.25) is 0 Å². The summed E-state index contributed by atoms with van der Waals surface area (Å²) in [5.41, 5.74) is 7.73. The Morgan fingerprint density at radius 2 is 1.83 bits per heavy atom. The van der Waals surface area contributed by atoms with Crippen molar-refractivity contribution in [1.82, 2.24) is 5.43 Å². The summed E-state index contributed by atoms with van der Waals surface area (Å²) in [4.78, 5) is 0. The van der Waals surface area contributed by atoms with Crippen LogP contribution in [-0.4, -0.2) is 0 Å². The van der Waals surface area contributed by atoms with Crippen LogP contribution in [0.25, 0.3) is 0 Å². The zero-order valence-electron chi connectivity index (χ0n) is 10.6. The van der Waals surface area contributed by atoms with E-state index >= 15 is 0 Å². The molecule has 0 aromatic heterocycles. The third kappa shape index (κ3) is 2.80. The van der Waals surface area contributed by atoms with Crippen LogP contribution in [-0.2, 0) is 0 Å². The van der Waals surface area contributed by atoms with E-state index in [0.717, 1.165) is 4.47 Å². The molecule has 1 unspecified atom stereocenters. The van der Waals surface area contributed by atoms with Gasteiger partial charge in [-0.2, -0.15) is 0 Å². The maximum absolute atomic E-state index is 5.74. The fraction of sp³-hybridized carbons (Fsp3) is 0.200. The highest BCUT2D eigenvalue weighted by Crippen LogP contribution is 2.27. The summed E-state index contributed by atoms with van der Waals surface area (Å²) in [5.74, 6) is 5.74. The minimum atomic E-state index is 0.0161. The lowest BCUT2D eigenvalue weighted by Gasteiger charge is -2.19. The molecule has 0 aliphatic heterocycles. The number of hydrogen-bond donors (Lipinski definition) is 2. The molecule has 2 nitrogen and oxygen atoms in total. The van der Waals surface area contributed by atoms with Gasteiger partial charge in [0.15, 0.2) is 0 Å². The molecule has 0 heterocycles. The summed E-state index contributed by atoms with van der Waals surface area (Å²) in [6.07, 6.45) is 0. The average molecular weight is 305 g/mol. The number of nitrogens with one attached hydrogen (secondary N) is 1. The summed E-state index contributed by atoms with van der Waals surface area (Å²) in [6, 6.07) is 14.7. The van der Waals surface area contributed by atoms with E-state index in [2.05, 4.69) is 65.5 Å². The van der Waals surface area contributed by atoms with Gasteiger partial charge in [-0.15, -0.1) is 0 Å². The van der Waals surface area contributed by atoms with Gasteiger partial charge in [-0.3, -0.25) is 5.84 Å². The monoisotopic (exact) mass is 304 g/mol. The zero-order valence-corrected chi connectivity index (χ0v) is 12.2. The molecule has 94 valence electrons. The lowest BCUT2D eigenvalue weighted by molar-refractivity contribution is 0.633. The Bertz CT molecular complexity index is 532. The quantitative estimate of drug-likeness (QED) is 0.671. The molecule has 0 fully saturated rings. The number of aryl methyl sites for hydroxylation is 2. The zero-order chi connectivity index (χ0) is 13.1. The molecule has 3 heteroatoms. The van der Waals surface area contributed by atoms with Crippen LogP contribution in [0.3, 0.4) is 0 Å². The number of nitrogens with two attached hydrogens (primary N) is 1. The van der Waals surface area contributed by atoms with Crippen molar-refractivity contribution in [2.45, 2.75) is 19.9 Å². The van der Waals surface area contributed by atoms with Gasteiger partial charge in [-0.25, -0.2) is 5.43 Å². The Morgan fingerprint density at radius 1 is 1.11 bits per heavy atom. The lowest BCUT2D eigenvalue weighted by atomic mass is 9.95. The van der Waals surface area contributed by atoms with Gasteiger partial charge in [-0.1, -0.05) is 46.3 Å². The van der Waals surface area contributed by atoms with Crippen LogP contribution in [0, 0.1) is 13.8 Å². The maximum Gasteiger partial charge on any atom is 0.0713 e. The van der Waals surface area contributed by atoms with Gasteiger partial charge in [0.2, 0.25) is 0 Å². The van der Waals surface area contributed by atoms with Gasteiger partial charge in [0, 0.05) is 4.47 Å². The van der Waals surface area contributed by atoms with Gasteiger partial charge in [0.05, 0.1) is 6.04 Å². The third-order valence-electron chi connectivity index (χ3n) is 3.06. The fourth-order valence-corrected chi connectivity index (χ4v) is 2.83. The van der Waals surface area contributed by atoms with E-state index in [1.54, 1.807) is 0 Å². The second kappa shape index (κ2) is 5.65. The van der Waals surface area contributed by atoms with E-state index in [4.69, 9.17) is 5.84 Å². The lowest BCUT2D eigenvalue weighted by Crippen LogP contribution is -2.29. The smallest absolute Gasteiger partial charge is 0.0713 e. The normalized spacial score (nSPS) is 12.4. The molecule has 2 rings (SSSR count). The first-order chi connectivity index (χ1) is 8.61. The van der Waals surface area contributed by atoms with Crippen molar-refractivity contribution in [1.29, 1.82) is 0 Å². The molecule has 0 aliphatic rings. The summed E-state index contributed by atoms with van der Waals surface area (Å²) >= 11 is 3.53. The van der Waals surface area contributed by atoms with Crippen molar-refractivity contribution < 1.29 is 0 Å². The summed E-state index contributed by atoms with van der Waals surface area (Å²) in [7, 11) is 0.